The summed E-state index contributed by atoms with van der Waals surface area (Å²) in [4.78, 5) is 0. The average Bonchev–Trinajstić information content (AvgIpc) is 3.00. The van der Waals surface area contributed by atoms with E-state index in [0.717, 1.165) is 23.0 Å². The van der Waals surface area contributed by atoms with Crippen LogP contribution in [0.5, 0.6) is 0 Å². The van der Waals surface area contributed by atoms with E-state index in [4.69, 9.17) is 5.10 Å². The number of nitrogens with zero attached hydrogens (tertiary/aromatic N) is 2. The van der Waals surface area contributed by atoms with Crippen LogP contribution in [0.3, 0.4) is 0 Å². The molecule has 0 spiro atoms. The van der Waals surface area contributed by atoms with Gasteiger partial charge in [0.15, 0.2) is 0 Å². The van der Waals surface area contributed by atoms with Crippen LogP contribution in [0.1, 0.15) is 41.1 Å². The Kier molecular flexibility index (Phi) is 4.56. The molecule has 3 aromatic rings. The number of hydrogen-bond donors (Lipinski definition) is 0. The van der Waals surface area contributed by atoms with Gasteiger partial charge < -0.3 is 0 Å². The second kappa shape index (κ2) is 7.21. The number of rotatable bonds is 2. The van der Waals surface area contributed by atoms with Gasteiger partial charge in [-0.05, 0) is 67.6 Å². The second-order valence-corrected chi connectivity index (χ2v) is 8.74. The Bertz CT molecular complexity index is 1020. The third-order valence-electron chi connectivity index (χ3n) is 5.95. The van der Waals surface area contributed by atoms with Gasteiger partial charge in [-0.25, -0.2) is 0 Å². The van der Waals surface area contributed by atoms with Crippen molar-refractivity contribution in [1.29, 1.82) is 0 Å². The van der Waals surface area contributed by atoms with Crippen LogP contribution in [-0.2, 0) is 6.42 Å². The van der Waals surface area contributed by atoms with E-state index in [0.29, 0.717) is 5.92 Å². The first-order valence-electron chi connectivity index (χ1n) is 9.99. The summed E-state index contributed by atoms with van der Waals surface area (Å²) in [6.07, 6.45) is 3.51. The number of fused-ring (bicyclic) bond motifs is 3. The summed E-state index contributed by atoms with van der Waals surface area (Å²) >= 11 is 3.58. The zero-order chi connectivity index (χ0) is 19.1. The Morgan fingerprint density at radius 1 is 0.964 bits per heavy atom. The summed E-state index contributed by atoms with van der Waals surface area (Å²) in [6, 6.07) is 26.5. The van der Waals surface area contributed by atoms with Crippen LogP contribution in [0.15, 0.2) is 82.4 Å². The summed E-state index contributed by atoms with van der Waals surface area (Å²) in [5.41, 5.74) is 7.84. The largest absolute Gasteiger partial charge is 0.257 e. The number of para-hydroxylation sites is 1. The van der Waals surface area contributed by atoms with Crippen molar-refractivity contribution in [3.8, 4) is 0 Å². The first-order valence-corrected chi connectivity index (χ1v) is 10.8. The van der Waals surface area contributed by atoms with E-state index in [1.807, 2.05) is 0 Å². The summed E-state index contributed by atoms with van der Waals surface area (Å²) < 4.78 is 1.11. The molecule has 1 heterocycles. The summed E-state index contributed by atoms with van der Waals surface area (Å²) in [7, 11) is 0. The number of halogens is 1. The van der Waals surface area contributed by atoms with E-state index in [2.05, 4.69) is 101 Å². The van der Waals surface area contributed by atoms with Gasteiger partial charge in [0.1, 0.15) is 0 Å². The number of hydrogen-bond acceptors (Lipinski definition) is 2. The van der Waals surface area contributed by atoms with E-state index in [1.54, 1.807) is 0 Å². The Labute approximate surface area is 175 Å². The maximum atomic E-state index is 5.24. The van der Waals surface area contributed by atoms with Crippen LogP contribution >= 0.6 is 15.9 Å². The predicted molar refractivity (Wildman–Crippen MR) is 120 cm³/mol. The second-order valence-electron chi connectivity index (χ2n) is 7.82. The highest BCUT2D eigenvalue weighted by Crippen LogP contribution is 2.45. The molecule has 3 aromatic carbocycles. The minimum atomic E-state index is 0.233. The average molecular weight is 431 g/mol. The maximum Gasteiger partial charge on any atom is 0.0860 e. The third kappa shape index (κ3) is 3.08. The SMILES string of the molecule is Cc1ccc2c(c1)C1=NN(c3ccccc3)[C@@H](c3ccc(Br)cc3)[C@@H]1CCC2. The molecule has 3 heteroatoms. The molecule has 0 bridgehead atoms. The van der Waals surface area contributed by atoms with Gasteiger partial charge in [-0.3, -0.25) is 5.01 Å². The molecule has 140 valence electrons. The smallest absolute Gasteiger partial charge is 0.0860 e. The van der Waals surface area contributed by atoms with Crippen molar-refractivity contribution in [1.82, 2.24) is 0 Å². The molecular formula is C25H23BrN2. The highest BCUT2D eigenvalue weighted by molar-refractivity contribution is 9.10. The molecule has 0 radical (unpaired) electrons. The topological polar surface area (TPSA) is 15.6 Å². The van der Waals surface area contributed by atoms with Crippen molar-refractivity contribution in [3.05, 3.63) is 99.5 Å². The van der Waals surface area contributed by atoms with E-state index in [-0.39, 0.29) is 6.04 Å². The van der Waals surface area contributed by atoms with Crippen LogP contribution in [0.25, 0.3) is 0 Å². The Hall–Kier alpha value is -2.39. The summed E-state index contributed by atoms with van der Waals surface area (Å²) in [6.45, 7) is 2.18. The third-order valence-corrected chi connectivity index (χ3v) is 6.47. The zero-order valence-corrected chi connectivity index (χ0v) is 17.6. The minimum Gasteiger partial charge on any atom is -0.257 e. The van der Waals surface area contributed by atoms with Crippen molar-refractivity contribution >= 4 is 27.3 Å². The highest BCUT2D eigenvalue weighted by atomic mass is 79.9. The lowest BCUT2D eigenvalue weighted by atomic mass is 9.85. The summed E-state index contributed by atoms with van der Waals surface area (Å²) in [5, 5.41) is 7.49. The fraction of sp³-hybridized carbons (Fsp3) is 0.240. The van der Waals surface area contributed by atoms with Gasteiger partial charge in [0.2, 0.25) is 0 Å². The van der Waals surface area contributed by atoms with Gasteiger partial charge in [0.05, 0.1) is 17.4 Å². The lowest BCUT2D eigenvalue weighted by molar-refractivity contribution is 0.505. The Morgan fingerprint density at radius 2 is 1.75 bits per heavy atom. The van der Waals surface area contributed by atoms with Crippen LogP contribution in [-0.4, -0.2) is 5.71 Å². The van der Waals surface area contributed by atoms with Gasteiger partial charge in [-0.2, -0.15) is 5.10 Å². The first-order chi connectivity index (χ1) is 13.7. The molecule has 0 fully saturated rings. The van der Waals surface area contributed by atoms with Crippen molar-refractivity contribution in [2.45, 2.75) is 32.2 Å². The molecule has 28 heavy (non-hydrogen) atoms. The highest BCUT2D eigenvalue weighted by Gasteiger charge is 2.41. The molecule has 2 atom stereocenters. The van der Waals surface area contributed by atoms with E-state index < -0.39 is 0 Å². The van der Waals surface area contributed by atoms with E-state index in [1.165, 1.54) is 34.4 Å². The van der Waals surface area contributed by atoms with Gasteiger partial charge in [0.25, 0.3) is 0 Å². The van der Waals surface area contributed by atoms with Gasteiger partial charge in [-0.15, -0.1) is 0 Å². The molecule has 5 rings (SSSR count). The van der Waals surface area contributed by atoms with Gasteiger partial charge in [-0.1, -0.05) is 64.0 Å². The lowest BCUT2D eigenvalue weighted by Gasteiger charge is -2.28. The van der Waals surface area contributed by atoms with Crippen LogP contribution in [0, 0.1) is 12.8 Å². The Balaban J connectivity index is 1.67. The van der Waals surface area contributed by atoms with E-state index in [9.17, 15) is 0 Å². The molecule has 0 amide bonds. The molecule has 2 aliphatic rings. The van der Waals surface area contributed by atoms with Crippen LogP contribution in [0.4, 0.5) is 5.69 Å². The van der Waals surface area contributed by atoms with Crippen molar-refractivity contribution in [3.63, 3.8) is 0 Å². The normalized spacial score (nSPS) is 20.9. The Morgan fingerprint density at radius 3 is 2.54 bits per heavy atom. The number of benzene rings is 3. The fourth-order valence-electron chi connectivity index (χ4n) is 4.61. The quantitative estimate of drug-likeness (QED) is 0.442. The minimum absolute atomic E-state index is 0.233. The van der Waals surface area contributed by atoms with Crippen molar-refractivity contribution < 1.29 is 0 Å². The fourth-order valence-corrected chi connectivity index (χ4v) is 4.88. The van der Waals surface area contributed by atoms with Crippen molar-refractivity contribution in [2.75, 3.05) is 5.01 Å². The maximum absolute atomic E-state index is 5.24. The number of aryl methyl sites for hydroxylation is 2. The summed E-state index contributed by atoms with van der Waals surface area (Å²) in [5.74, 6) is 0.407. The van der Waals surface area contributed by atoms with Crippen LogP contribution < -0.4 is 5.01 Å². The van der Waals surface area contributed by atoms with Crippen LogP contribution in [0.2, 0.25) is 0 Å². The molecule has 0 saturated carbocycles. The monoisotopic (exact) mass is 430 g/mol. The molecule has 2 nitrogen and oxygen atoms in total. The standard InChI is InChI=1S/C25H23BrN2/c1-17-10-11-18-6-5-9-22-24(23(18)16-17)27-28(21-7-3-2-4-8-21)25(22)19-12-14-20(26)15-13-19/h2-4,7-8,10-16,22,25H,5-6,9H2,1H3/t22-,25+/m1/s1. The number of anilines is 1. The predicted octanol–water partition coefficient (Wildman–Crippen LogP) is 6.68. The molecule has 0 N–H and O–H groups in total. The first kappa shape index (κ1) is 17.7. The molecule has 0 unspecified atom stereocenters. The van der Waals surface area contributed by atoms with Crippen molar-refractivity contribution in [2.24, 2.45) is 11.0 Å². The molecule has 1 aliphatic heterocycles. The molecular weight excluding hydrogens is 408 g/mol. The molecule has 0 saturated heterocycles. The zero-order valence-electron chi connectivity index (χ0n) is 16.0. The van der Waals surface area contributed by atoms with E-state index >= 15 is 0 Å². The van der Waals surface area contributed by atoms with Gasteiger partial charge in [0, 0.05) is 16.0 Å². The van der Waals surface area contributed by atoms with Gasteiger partial charge >= 0.3 is 0 Å². The molecule has 0 aromatic heterocycles. The lowest BCUT2D eigenvalue weighted by Crippen LogP contribution is -2.25. The number of hydrazone groups is 1. The molecule has 1 aliphatic carbocycles.